The molecule has 0 unspecified atom stereocenters. The number of carbonyl (C=O) groups excluding carboxylic acids is 2. The largest absolute Gasteiger partial charge is 0.453 e. The summed E-state index contributed by atoms with van der Waals surface area (Å²) in [5, 5.41) is 6.51. The highest BCUT2D eigenvalue weighted by atomic mass is 32.2. The Morgan fingerprint density at radius 1 is 1.50 bits per heavy atom. The highest BCUT2D eigenvalue weighted by Crippen LogP contribution is 2.12. The van der Waals surface area contributed by atoms with E-state index in [0.29, 0.717) is 12.8 Å². The Morgan fingerprint density at radius 3 is 2.86 bits per heavy atom. The van der Waals surface area contributed by atoms with Crippen molar-refractivity contribution < 1.29 is 22.7 Å². The number of carbonyl (C=O) groups is 2. The van der Waals surface area contributed by atoms with E-state index in [1.54, 1.807) is 11.3 Å². The first-order valence-electron chi connectivity index (χ1n) is 7.07. The summed E-state index contributed by atoms with van der Waals surface area (Å²) in [5.41, 5.74) is 1.07. The lowest BCUT2D eigenvalue weighted by Crippen LogP contribution is -2.42. The fourth-order valence-electron chi connectivity index (χ4n) is 2.22. The van der Waals surface area contributed by atoms with Gasteiger partial charge in [0.1, 0.15) is 0 Å². The molecule has 1 aliphatic rings. The van der Waals surface area contributed by atoms with Crippen molar-refractivity contribution in [2.24, 2.45) is 0 Å². The van der Waals surface area contributed by atoms with Gasteiger partial charge in [0, 0.05) is 12.5 Å². The molecule has 6 nitrogen and oxygen atoms in total. The second-order valence-corrected chi connectivity index (χ2v) is 8.38. The number of rotatable bonds is 6. The average Bonchev–Trinajstić information content (AvgIpc) is 3.06. The fourth-order valence-corrected chi connectivity index (χ4v) is 4.59. The molecule has 0 spiro atoms. The molecule has 1 aromatic heterocycles. The number of esters is 1. The van der Waals surface area contributed by atoms with Crippen molar-refractivity contribution >= 4 is 33.1 Å². The van der Waals surface area contributed by atoms with Crippen LogP contribution >= 0.6 is 11.3 Å². The van der Waals surface area contributed by atoms with Crippen LogP contribution in [0, 0.1) is 0 Å². The summed E-state index contributed by atoms with van der Waals surface area (Å²) in [6.45, 7) is 1.49. The Labute approximate surface area is 133 Å². The minimum absolute atomic E-state index is 0.0441. The first-order chi connectivity index (χ1) is 10.4. The molecule has 0 aliphatic carbocycles. The lowest BCUT2D eigenvalue weighted by atomic mass is 10.2. The third kappa shape index (κ3) is 5.10. The molecule has 1 amide bonds. The zero-order valence-electron chi connectivity index (χ0n) is 12.3. The van der Waals surface area contributed by atoms with Crippen molar-refractivity contribution in [1.82, 2.24) is 5.32 Å². The monoisotopic (exact) mass is 345 g/mol. The molecule has 22 heavy (non-hydrogen) atoms. The van der Waals surface area contributed by atoms with Crippen LogP contribution < -0.4 is 5.32 Å². The van der Waals surface area contributed by atoms with Gasteiger partial charge in [-0.2, -0.15) is 11.3 Å². The Hall–Kier alpha value is -1.41. The summed E-state index contributed by atoms with van der Waals surface area (Å²) < 4.78 is 27.7. The van der Waals surface area contributed by atoms with Crippen molar-refractivity contribution in [3.63, 3.8) is 0 Å². The first-order valence-corrected chi connectivity index (χ1v) is 9.83. The average molecular weight is 345 g/mol. The molecule has 1 N–H and O–H groups in total. The maximum Gasteiger partial charge on any atom is 0.306 e. The van der Waals surface area contributed by atoms with Crippen molar-refractivity contribution in [3.05, 3.63) is 22.4 Å². The van der Waals surface area contributed by atoms with Crippen LogP contribution in [0.4, 0.5) is 0 Å². The number of amides is 1. The minimum atomic E-state index is -3.05. The van der Waals surface area contributed by atoms with E-state index in [1.165, 1.54) is 6.92 Å². The molecular formula is C14H19NO5S2. The number of ether oxygens (including phenoxy) is 1. The van der Waals surface area contributed by atoms with Crippen molar-refractivity contribution in [3.8, 4) is 0 Å². The van der Waals surface area contributed by atoms with Gasteiger partial charge in [0.2, 0.25) is 0 Å². The van der Waals surface area contributed by atoms with Crippen LogP contribution in [0.2, 0.25) is 0 Å². The molecule has 0 aromatic carbocycles. The van der Waals surface area contributed by atoms with Crippen molar-refractivity contribution in [1.29, 1.82) is 0 Å². The number of sulfone groups is 1. The molecule has 0 bridgehead atoms. The van der Waals surface area contributed by atoms with E-state index in [0.717, 1.165) is 5.56 Å². The summed E-state index contributed by atoms with van der Waals surface area (Å²) in [5.74, 6) is -0.844. The first kappa shape index (κ1) is 17.0. The van der Waals surface area contributed by atoms with E-state index in [4.69, 9.17) is 4.74 Å². The summed E-state index contributed by atoms with van der Waals surface area (Å²) in [4.78, 5) is 23.6. The standard InChI is InChI=1S/C14H19NO5S2/c1-10(14(17)15-12-5-7-22(18,19)9-12)20-13(16)3-2-11-4-6-21-8-11/h4,6,8,10,12H,2-3,5,7,9H2,1H3,(H,15,17)/t10-,12+/m1/s1. The van der Waals surface area contributed by atoms with Crippen LogP contribution in [0.5, 0.6) is 0 Å². The van der Waals surface area contributed by atoms with Crippen LogP contribution in [0.1, 0.15) is 25.3 Å². The molecule has 0 radical (unpaired) electrons. The van der Waals surface area contributed by atoms with Crippen LogP contribution in [0.15, 0.2) is 16.8 Å². The zero-order valence-corrected chi connectivity index (χ0v) is 13.9. The smallest absolute Gasteiger partial charge is 0.306 e. The topological polar surface area (TPSA) is 89.5 Å². The number of nitrogens with one attached hydrogen (secondary N) is 1. The maximum atomic E-state index is 11.9. The predicted molar refractivity (Wildman–Crippen MR) is 83.4 cm³/mol. The van der Waals surface area contributed by atoms with Gasteiger partial charge in [0.15, 0.2) is 15.9 Å². The quantitative estimate of drug-likeness (QED) is 0.774. The number of thiophene rings is 1. The molecule has 1 aromatic rings. The molecule has 1 saturated heterocycles. The van der Waals surface area contributed by atoms with Gasteiger partial charge in [-0.1, -0.05) is 0 Å². The van der Waals surface area contributed by atoms with Gasteiger partial charge in [-0.25, -0.2) is 8.42 Å². The Bertz CT molecular complexity index is 624. The second-order valence-electron chi connectivity index (χ2n) is 5.37. The molecule has 0 saturated carbocycles. The zero-order chi connectivity index (χ0) is 16.2. The molecule has 1 fully saturated rings. The normalized spacial score (nSPS) is 21.2. The Kier molecular flexibility index (Phi) is 5.57. The summed E-state index contributed by atoms with van der Waals surface area (Å²) in [6, 6.07) is 1.55. The van der Waals surface area contributed by atoms with Gasteiger partial charge in [-0.3, -0.25) is 9.59 Å². The van der Waals surface area contributed by atoms with E-state index in [9.17, 15) is 18.0 Å². The summed E-state index contributed by atoms with van der Waals surface area (Å²) >= 11 is 1.56. The molecule has 8 heteroatoms. The number of hydrogen-bond acceptors (Lipinski definition) is 6. The summed E-state index contributed by atoms with van der Waals surface area (Å²) in [7, 11) is -3.05. The number of aryl methyl sites for hydroxylation is 1. The third-order valence-corrected chi connectivity index (χ3v) is 5.95. The fraction of sp³-hybridized carbons (Fsp3) is 0.571. The van der Waals surface area contributed by atoms with E-state index >= 15 is 0 Å². The van der Waals surface area contributed by atoms with Gasteiger partial charge in [0.05, 0.1) is 11.5 Å². The van der Waals surface area contributed by atoms with E-state index in [1.807, 2.05) is 16.8 Å². The van der Waals surface area contributed by atoms with Gasteiger partial charge < -0.3 is 10.1 Å². The van der Waals surface area contributed by atoms with Crippen LogP contribution in [-0.2, 0) is 30.6 Å². The molecule has 2 heterocycles. The number of hydrogen-bond donors (Lipinski definition) is 1. The molecule has 2 rings (SSSR count). The van der Waals surface area contributed by atoms with E-state index in [-0.39, 0.29) is 24.0 Å². The minimum Gasteiger partial charge on any atom is -0.453 e. The van der Waals surface area contributed by atoms with Gasteiger partial charge in [-0.05, 0) is 42.2 Å². The molecule has 1 aliphatic heterocycles. The molecule has 2 atom stereocenters. The predicted octanol–water partition coefficient (Wildman–Crippen LogP) is 0.916. The highest BCUT2D eigenvalue weighted by Gasteiger charge is 2.30. The third-order valence-electron chi connectivity index (χ3n) is 3.45. The SMILES string of the molecule is C[C@@H](OC(=O)CCc1ccsc1)C(=O)N[C@H]1CCS(=O)(=O)C1. The van der Waals surface area contributed by atoms with Crippen LogP contribution in [-0.4, -0.2) is 43.9 Å². The van der Waals surface area contributed by atoms with Gasteiger partial charge in [0.25, 0.3) is 5.91 Å². The molecular weight excluding hydrogens is 326 g/mol. The van der Waals surface area contributed by atoms with Gasteiger partial charge >= 0.3 is 5.97 Å². The van der Waals surface area contributed by atoms with Crippen molar-refractivity contribution in [2.75, 3.05) is 11.5 Å². The second kappa shape index (κ2) is 7.23. The molecule has 122 valence electrons. The Balaban J connectivity index is 1.72. The van der Waals surface area contributed by atoms with E-state index in [2.05, 4.69) is 5.32 Å². The van der Waals surface area contributed by atoms with Crippen LogP contribution in [0.3, 0.4) is 0 Å². The highest BCUT2D eigenvalue weighted by molar-refractivity contribution is 7.91. The lowest BCUT2D eigenvalue weighted by molar-refractivity contribution is -0.155. The summed E-state index contributed by atoms with van der Waals surface area (Å²) in [6.07, 6.45) is 0.287. The van der Waals surface area contributed by atoms with Gasteiger partial charge in [-0.15, -0.1) is 0 Å². The van der Waals surface area contributed by atoms with E-state index < -0.39 is 27.8 Å². The van der Waals surface area contributed by atoms with Crippen molar-refractivity contribution in [2.45, 2.75) is 38.3 Å². The van der Waals surface area contributed by atoms with Crippen LogP contribution in [0.25, 0.3) is 0 Å². The lowest BCUT2D eigenvalue weighted by Gasteiger charge is -2.16. The maximum absolute atomic E-state index is 11.9. The Morgan fingerprint density at radius 2 is 2.27 bits per heavy atom.